The average Bonchev–Trinajstić information content (AvgIpc) is 2.54. The smallest absolute Gasteiger partial charge is 0.0323 e. The zero-order valence-corrected chi connectivity index (χ0v) is 8.68. The van der Waals surface area contributed by atoms with Crippen molar-refractivity contribution in [2.45, 2.75) is 31.8 Å². The van der Waals surface area contributed by atoms with Gasteiger partial charge in [0.25, 0.3) is 0 Å². The Bertz CT molecular complexity index is 248. The summed E-state index contributed by atoms with van der Waals surface area (Å²) in [5.74, 6) is 0. The maximum absolute atomic E-state index is 3.57. The van der Waals surface area contributed by atoms with Gasteiger partial charge in [-0.25, -0.2) is 0 Å². The van der Waals surface area contributed by atoms with Crippen molar-refractivity contribution in [3.8, 4) is 0 Å². The fraction of sp³-hybridized carbons (Fsp3) is 0.455. The number of hydrogen-bond acceptors (Lipinski definition) is 1. The molecular weight excluding hydrogens is 182 g/mol. The first-order valence-electron chi connectivity index (χ1n) is 4.67. The van der Waals surface area contributed by atoms with Gasteiger partial charge in [0, 0.05) is 12.1 Å². The minimum atomic E-state index is 0. The van der Waals surface area contributed by atoms with E-state index in [1.54, 1.807) is 0 Å². The van der Waals surface area contributed by atoms with E-state index in [9.17, 15) is 0 Å². The lowest BCUT2D eigenvalue weighted by molar-refractivity contribution is 0.585. The van der Waals surface area contributed by atoms with Gasteiger partial charge in [0.2, 0.25) is 0 Å². The molecule has 2 atom stereocenters. The summed E-state index contributed by atoms with van der Waals surface area (Å²) >= 11 is 0. The summed E-state index contributed by atoms with van der Waals surface area (Å²) in [5, 5.41) is 3.57. The number of hydrogen-bond donors (Lipinski definition) is 1. The first-order chi connectivity index (χ1) is 5.86. The molecule has 0 saturated carbocycles. The quantitative estimate of drug-likeness (QED) is 0.730. The molecule has 0 aromatic heterocycles. The molecule has 1 nitrogen and oxygen atoms in total. The molecule has 1 N–H and O–H groups in total. The van der Waals surface area contributed by atoms with Crippen LogP contribution in [-0.4, -0.2) is 6.04 Å². The summed E-state index contributed by atoms with van der Waals surface area (Å²) in [6, 6.07) is 12.0. The number of nitrogens with one attached hydrogen (secondary N) is 1. The zero-order valence-electron chi connectivity index (χ0n) is 7.86. The van der Waals surface area contributed by atoms with Crippen molar-refractivity contribution in [2.75, 3.05) is 0 Å². The fourth-order valence-electron chi connectivity index (χ4n) is 1.88. The lowest BCUT2D eigenvalue weighted by Crippen LogP contribution is -2.20. The Morgan fingerprint density at radius 3 is 2.38 bits per heavy atom. The molecule has 1 fully saturated rings. The van der Waals surface area contributed by atoms with Crippen LogP contribution in [0.25, 0.3) is 0 Å². The number of benzene rings is 1. The van der Waals surface area contributed by atoms with Crippen molar-refractivity contribution in [3.05, 3.63) is 35.9 Å². The molecule has 72 valence electrons. The van der Waals surface area contributed by atoms with Gasteiger partial charge in [0.15, 0.2) is 0 Å². The van der Waals surface area contributed by atoms with Crippen LogP contribution in [0.15, 0.2) is 30.3 Å². The maximum atomic E-state index is 3.57. The fourth-order valence-corrected chi connectivity index (χ4v) is 1.88. The van der Waals surface area contributed by atoms with E-state index < -0.39 is 0 Å². The van der Waals surface area contributed by atoms with Gasteiger partial charge in [-0.2, -0.15) is 0 Å². The van der Waals surface area contributed by atoms with Crippen LogP contribution in [0.3, 0.4) is 0 Å². The van der Waals surface area contributed by atoms with Gasteiger partial charge < -0.3 is 5.32 Å². The van der Waals surface area contributed by atoms with Crippen LogP contribution >= 0.6 is 12.4 Å². The molecule has 0 amide bonds. The third-order valence-corrected chi connectivity index (χ3v) is 2.58. The summed E-state index contributed by atoms with van der Waals surface area (Å²) < 4.78 is 0. The molecule has 2 heteroatoms. The van der Waals surface area contributed by atoms with Gasteiger partial charge in [-0.15, -0.1) is 12.4 Å². The van der Waals surface area contributed by atoms with E-state index in [0.717, 1.165) is 0 Å². The summed E-state index contributed by atoms with van der Waals surface area (Å²) in [7, 11) is 0. The molecular formula is C11H16ClN. The second kappa shape index (κ2) is 4.64. The van der Waals surface area contributed by atoms with Crippen LogP contribution in [0, 0.1) is 0 Å². The van der Waals surface area contributed by atoms with Crippen molar-refractivity contribution in [2.24, 2.45) is 0 Å². The van der Waals surface area contributed by atoms with Crippen LogP contribution in [0.4, 0.5) is 0 Å². The molecule has 1 saturated heterocycles. The van der Waals surface area contributed by atoms with Crippen LogP contribution in [0.5, 0.6) is 0 Å². The Balaban J connectivity index is 0.000000845. The Morgan fingerprint density at radius 1 is 1.15 bits per heavy atom. The second-order valence-electron chi connectivity index (χ2n) is 3.61. The molecule has 0 unspecified atom stereocenters. The van der Waals surface area contributed by atoms with E-state index in [-0.39, 0.29) is 12.4 Å². The molecule has 13 heavy (non-hydrogen) atoms. The normalized spacial score (nSPS) is 26.8. The highest BCUT2D eigenvalue weighted by atomic mass is 35.5. The average molecular weight is 198 g/mol. The monoisotopic (exact) mass is 197 g/mol. The molecule has 0 radical (unpaired) electrons. The van der Waals surface area contributed by atoms with Gasteiger partial charge in [0.05, 0.1) is 0 Å². The number of halogens is 1. The topological polar surface area (TPSA) is 12.0 Å². The highest BCUT2D eigenvalue weighted by molar-refractivity contribution is 5.85. The molecule has 0 aliphatic carbocycles. The summed E-state index contributed by atoms with van der Waals surface area (Å²) in [6.45, 7) is 2.25. The Hall–Kier alpha value is -0.530. The van der Waals surface area contributed by atoms with Crippen molar-refractivity contribution in [1.29, 1.82) is 0 Å². The molecule has 1 heterocycles. The van der Waals surface area contributed by atoms with E-state index in [2.05, 4.69) is 42.6 Å². The van der Waals surface area contributed by atoms with Crippen molar-refractivity contribution < 1.29 is 0 Å². The van der Waals surface area contributed by atoms with Crippen LogP contribution < -0.4 is 5.32 Å². The SMILES string of the molecule is C[C@H]1CC[C@@H](c2ccccc2)N1.Cl. The molecule has 1 aromatic rings. The van der Waals surface area contributed by atoms with Crippen LogP contribution in [0.1, 0.15) is 31.4 Å². The Kier molecular flexibility index (Phi) is 3.76. The molecule has 1 aliphatic heterocycles. The number of rotatable bonds is 1. The van der Waals surface area contributed by atoms with E-state index in [1.807, 2.05) is 0 Å². The van der Waals surface area contributed by atoms with Gasteiger partial charge in [-0.1, -0.05) is 30.3 Å². The largest absolute Gasteiger partial charge is 0.307 e. The summed E-state index contributed by atoms with van der Waals surface area (Å²) in [5.41, 5.74) is 1.43. The highest BCUT2D eigenvalue weighted by Gasteiger charge is 2.20. The second-order valence-corrected chi connectivity index (χ2v) is 3.61. The Labute approximate surface area is 86.0 Å². The van der Waals surface area contributed by atoms with Crippen LogP contribution in [0.2, 0.25) is 0 Å². The highest BCUT2D eigenvalue weighted by Crippen LogP contribution is 2.25. The van der Waals surface area contributed by atoms with E-state index in [4.69, 9.17) is 0 Å². The lowest BCUT2D eigenvalue weighted by Gasteiger charge is -2.11. The van der Waals surface area contributed by atoms with Crippen LogP contribution in [-0.2, 0) is 0 Å². The predicted molar refractivity (Wildman–Crippen MR) is 58.3 cm³/mol. The minimum absolute atomic E-state index is 0. The molecule has 1 aromatic carbocycles. The first kappa shape index (κ1) is 10.6. The lowest BCUT2D eigenvalue weighted by atomic mass is 10.1. The molecule has 1 aliphatic rings. The Morgan fingerprint density at radius 2 is 1.85 bits per heavy atom. The predicted octanol–water partition coefficient (Wildman–Crippen LogP) is 2.92. The third-order valence-electron chi connectivity index (χ3n) is 2.58. The van der Waals surface area contributed by atoms with Gasteiger partial charge in [0.1, 0.15) is 0 Å². The summed E-state index contributed by atoms with van der Waals surface area (Å²) in [4.78, 5) is 0. The van der Waals surface area contributed by atoms with E-state index in [0.29, 0.717) is 12.1 Å². The molecule has 0 bridgehead atoms. The molecule has 0 spiro atoms. The van der Waals surface area contributed by atoms with Crippen molar-refractivity contribution in [3.63, 3.8) is 0 Å². The van der Waals surface area contributed by atoms with Crippen molar-refractivity contribution in [1.82, 2.24) is 5.32 Å². The van der Waals surface area contributed by atoms with Gasteiger partial charge in [-0.3, -0.25) is 0 Å². The minimum Gasteiger partial charge on any atom is -0.307 e. The van der Waals surface area contributed by atoms with Crippen molar-refractivity contribution >= 4 is 12.4 Å². The van der Waals surface area contributed by atoms with E-state index in [1.165, 1.54) is 18.4 Å². The summed E-state index contributed by atoms with van der Waals surface area (Å²) in [6.07, 6.45) is 2.59. The van der Waals surface area contributed by atoms with Gasteiger partial charge >= 0.3 is 0 Å². The standard InChI is InChI=1S/C11H15N.ClH/c1-9-7-8-11(12-9)10-5-3-2-4-6-10;/h2-6,9,11-12H,7-8H2,1H3;1H/t9-,11-;/m0./s1. The maximum Gasteiger partial charge on any atom is 0.0323 e. The third kappa shape index (κ3) is 2.45. The molecule has 2 rings (SSSR count). The van der Waals surface area contributed by atoms with E-state index >= 15 is 0 Å². The van der Waals surface area contributed by atoms with Gasteiger partial charge in [-0.05, 0) is 25.3 Å². The zero-order chi connectivity index (χ0) is 8.39. The first-order valence-corrected chi connectivity index (χ1v) is 4.67.